The predicted octanol–water partition coefficient (Wildman–Crippen LogP) is 5.76. The summed E-state index contributed by atoms with van der Waals surface area (Å²) in [7, 11) is 0. The first-order valence-corrected chi connectivity index (χ1v) is 12.1. The molecule has 1 saturated carbocycles. The van der Waals surface area contributed by atoms with Crippen molar-refractivity contribution >= 4 is 0 Å². The molecule has 2 aliphatic rings. The van der Waals surface area contributed by atoms with Crippen LogP contribution in [0.15, 0.2) is 42.7 Å². The van der Waals surface area contributed by atoms with E-state index in [1.165, 1.54) is 12.8 Å². The smallest absolute Gasteiger partial charge is 0.231 e. The number of aliphatic hydroxyl groups excluding tert-OH is 1. The fourth-order valence-corrected chi connectivity index (χ4v) is 5.14. The molecule has 6 heteroatoms. The topological polar surface area (TPSA) is 69.4 Å². The molecule has 2 aromatic heterocycles. The Kier molecular flexibility index (Phi) is 6.11. The molecule has 3 heterocycles. The zero-order valence-corrected chi connectivity index (χ0v) is 19.6. The van der Waals surface area contributed by atoms with Crippen LogP contribution >= 0.6 is 0 Å². The third kappa shape index (κ3) is 4.76. The summed E-state index contributed by atoms with van der Waals surface area (Å²) in [4.78, 5) is 9.52. The van der Waals surface area contributed by atoms with Gasteiger partial charge in [-0.3, -0.25) is 4.98 Å². The summed E-state index contributed by atoms with van der Waals surface area (Å²) >= 11 is 0. The molecule has 0 radical (unpaired) electrons. The largest absolute Gasteiger partial charge is 0.454 e. The van der Waals surface area contributed by atoms with E-state index in [0.717, 1.165) is 78.5 Å². The second kappa shape index (κ2) is 9.18. The molecule has 3 aromatic rings. The normalized spacial score (nSPS) is 22.0. The summed E-state index contributed by atoms with van der Waals surface area (Å²) in [6.07, 6.45) is 9.46. The number of pyridine rings is 1. The average molecular weight is 448 g/mol. The van der Waals surface area contributed by atoms with Crippen molar-refractivity contribution in [3.63, 3.8) is 0 Å². The van der Waals surface area contributed by atoms with Crippen LogP contribution in [0.5, 0.6) is 11.5 Å². The van der Waals surface area contributed by atoms with E-state index in [1.54, 1.807) is 0 Å². The number of aromatic nitrogens is 3. The maximum absolute atomic E-state index is 9.84. The highest BCUT2D eigenvalue weighted by Crippen LogP contribution is 2.41. The molecular formula is C27H33N3O3. The van der Waals surface area contributed by atoms with Gasteiger partial charge < -0.3 is 19.1 Å². The number of nitrogens with zero attached hydrogens (tertiary/aromatic N) is 3. The molecule has 1 N–H and O–H groups in total. The molecule has 0 saturated heterocycles. The second-order valence-electron chi connectivity index (χ2n) is 9.87. The number of ether oxygens (including phenoxy) is 2. The Morgan fingerprint density at radius 2 is 1.91 bits per heavy atom. The maximum Gasteiger partial charge on any atom is 0.231 e. The summed E-state index contributed by atoms with van der Waals surface area (Å²) in [5.74, 6) is 1.56. The van der Waals surface area contributed by atoms with Crippen LogP contribution in [-0.4, -0.2) is 32.5 Å². The predicted molar refractivity (Wildman–Crippen MR) is 128 cm³/mol. The molecule has 0 spiro atoms. The van der Waals surface area contributed by atoms with Crippen molar-refractivity contribution in [1.82, 2.24) is 14.5 Å². The van der Waals surface area contributed by atoms with Crippen LogP contribution in [0.25, 0.3) is 22.6 Å². The SMILES string of the molecule is Cc1cccc(-c2ncn(CCCC[C@]3(C)CC[C@@H](O)CC3)c2-c2ccc3c(c2)OCO3)n1. The molecule has 5 rings (SSSR count). The summed E-state index contributed by atoms with van der Waals surface area (Å²) in [5.41, 5.74) is 5.25. The van der Waals surface area contributed by atoms with Crippen LogP contribution in [-0.2, 0) is 6.54 Å². The second-order valence-corrected chi connectivity index (χ2v) is 9.87. The molecule has 174 valence electrons. The van der Waals surface area contributed by atoms with Crippen molar-refractivity contribution in [2.45, 2.75) is 71.4 Å². The average Bonchev–Trinajstić information content (AvgIpc) is 3.45. The Morgan fingerprint density at radius 1 is 1.09 bits per heavy atom. The lowest BCUT2D eigenvalue weighted by atomic mass is 9.72. The van der Waals surface area contributed by atoms with Crippen molar-refractivity contribution in [3.8, 4) is 34.1 Å². The minimum absolute atomic E-state index is 0.0954. The van der Waals surface area contributed by atoms with E-state index in [9.17, 15) is 5.11 Å². The monoisotopic (exact) mass is 447 g/mol. The van der Waals surface area contributed by atoms with Crippen molar-refractivity contribution in [1.29, 1.82) is 0 Å². The molecule has 1 aliphatic carbocycles. The van der Waals surface area contributed by atoms with Crippen LogP contribution in [0.4, 0.5) is 0 Å². The Hall–Kier alpha value is -2.86. The minimum Gasteiger partial charge on any atom is -0.454 e. The van der Waals surface area contributed by atoms with E-state index < -0.39 is 0 Å². The maximum atomic E-state index is 9.84. The van der Waals surface area contributed by atoms with Gasteiger partial charge in [0.1, 0.15) is 5.69 Å². The van der Waals surface area contributed by atoms with Crippen LogP contribution in [0.2, 0.25) is 0 Å². The molecule has 0 amide bonds. The minimum atomic E-state index is -0.0954. The van der Waals surface area contributed by atoms with Crippen LogP contribution < -0.4 is 9.47 Å². The zero-order valence-electron chi connectivity index (χ0n) is 19.6. The molecule has 6 nitrogen and oxygen atoms in total. The number of hydrogen-bond donors (Lipinski definition) is 1. The lowest BCUT2D eigenvalue weighted by molar-refractivity contribution is 0.0656. The number of hydrogen-bond acceptors (Lipinski definition) is 5. The van der Waals surface area contributed by atoms with Crippen molar-refractivity contribution < 1.29 is 14.6 Å². The van der Waals surface area contributed by atoms with Crippen molar-refractivity contribution in [2.24, 2.45) is 5.41 Å². The van der Waals surface area contributed by atoms with E-state index in [0.29, 0.717) is 5.41 Å². The summed E-state index contributed by atoms with van der Waals surface area (Å²) < 4.78 is 13.4. The van der Waals surface area contributed by atoms with E-state index in [1.807, 2.05) is 43.6 Å². The first-order valence-electron chi connectivity index (χ1n) is 12.1. The Labute approximate surface area is 195 Å². The van der Waals surface area contributed by atoms with Crippen molar-refractivity contribution in [3.05, 3.63) is 48.4 Å². The standard InChI is InChI=1S/C27H33N3O3/c1-19-6-5-7-22(29-19)25-26(20-8-9-23-24(16-20)33-18-32-23)30(17-28-25)15-4-3-12-27(2)13-10-21(31)11-14-27/h5-9,16-17,21,31H,3-4,10-15,18H2,1-2H3/t21-,27-. The molecule has 0 atom stereocenters. The Morgan fingerprint density at radius 3 is 2.73 bits per heavy atom. The van der Waals surface area contributed by atoms with Gasteiger partial charge in [-0.1, -0.05) is 19.4 Å². The first kappa shape index (κ1) is 22.0. The van der Waals surface area contributed by atoms with Gasteiger partial charge in [0.2, 0.25) is 6.79 Å². The summed E-state index contributed by atoms with van der Waals surface area (Å²) in [5, 5.41) is 9.84. The Bertz CT molecular complexity index is 1120. The third-order valence-corrected chi connectivity index (χ3v) is 7.21. The van der Waals surface area contributed by atoms with E-state index in [2.05, 4.69) is 17.6 Å². The third-order valence-electron chi connectivity index (χ3n) is 7.21. The summed E-state index contributed by atoms with van der Waals surface area (Å²) in [6.45, 7) is 5.56. The van der Waals surface area contributed by atoms with Crippen LogP contribution in [0.3, 0.4) is 0 Å². The van der Waals surface area contributed by atoms with Gasteiger partial charge >= 0.3 is 0 Å². The zero-order chi connectivity index (χ0) is 22.8. The molecule has 1 aromatic carbocycles. The Balaban J connectivity index is 1.37. The number of unbranched alkanes of at least 4 members (excludes halogenated alkanes) is 1. The molecular weight excluding hydrogens is 414 g/mol. The molecule has 0 bridgehead atoms. The van der Waals surface area contributed by atoms with Crippen molar-refractivity contribution in [2.75, 3.05) is 6.79 Å². The number of aliphatic hydroxyl groups is 1. The van der Waals surface area contributed by atoms with E-state index >= 15 is 0 Å². The number of rotatable bonds is 7. The van der Waals surface area contributed by atoms with E-state index in [4.69, 9.17) is 19.4 Å². The quantitative estimate of drug-likeness (QED) is 0.466. The highest BCUT2D eigenvalue weighted by atomic mass is 16.7. The first-order chi connectivity index (χ1) is 16.0. The number of benzene rings is 1. The van der Waals surface area contributed by atoms with Gasteiger partial charge in [0.15, 0.2) is 11.5 Å². The van der Waals surface area contributed by atoms with Gasteiger partial charge in [-0.15, -0.1) is 0 Å². The summed E-state index contributed by atoms with van der Waals surface area (Å²) in [6, 6.07) is 12.2. The van der Waals surface area contributed by atoms with Gasteiger partial charge in [0, 0.05) is 17.8 Å². The number of fused-ring (bicyclic) bond motifs is 1. The molecule has 1 aliphatic heterocycles. The van der Waals surface area contributed by atoms with Gasteiger partial charge in [-0.05, 0) is 81.2 Å². The number of imidazole rings is 1. The fourth-order valence-electron chi connectivity index (χ4n) is 5.14. The fraction of sp³-hybridized carbons (Fsp3) is 0.481. The lowest BCUT2D eigenvalue weighted by Crippen LogP contribution is -2.27. The highest BCUT2D eigenvalue weighted by molar-refractivity contribution is 5.78. The van der Waals surface area contributed by atoms with Gasteiger partial charge in [0.05, 0.1) is 23.8 Å². The molecule has 1 fully saturated rings. The highest BCUT2D eigenvalue weighted by Gasteiger charge is 2.29. The van der Waals surface area contributed by atoms with Gasteiger partial charge in [-0.2, -0.15) is 0 Å². The van der Waals surface area contributed by atoms with E-state index in [-0.39, 0.29) is 12.9 Å². The lowest BCUT2D eigenvalue weighted by Gasteiger charge is -2.35. The van der Waals surface area contributed by atoms with Gasteiger partial charge in [-0.25, -0.2) is 4.98 Å². The number of aryl methyl sites for hydroxylation is 2. The molecule has 0 unspecified atom stereocenters. The van der Waals surface area contributed by atoms with Crippen LogP contribution in [0.1, 0.15) is 57.6 Å². The van der Waals surface area contributed by atoms with Crippen LogP contribution in [0, 0.1) is 12.3 Å². The van der Waals surface area contributed by atoms with Gasteiger partial charge in [0.25, 0.3) is 0 Å². The molecule has 33 heavy (non-hydrogen) atoms.